The maximum atomic E-state index is 13.6. The highest BCUT2D eigenvalue weighted by molar-refractivity contribution is 5.91. The van der Waals surface area contributed by atoms with Crippen molar-refractivity contribution in [2.45, 2.75) is 70.1 Å². The zero-order valence-corrected chi connectivity index (χ0v) is 33.1. The fourth-order valence-corrected chi connectivity index (χ4v) is 7.97. The molecule has 4 N–H and O–H groups in total. The molecule has 2 fully saturated rings. The van der Waals surface area contributed by atoms with E-state index >= 15 is 0 Å². The van der Waals surface area contributed by atoms with Crippen LogP contribution >= 0.6 is 0 Å². The first-order chi connectivity index (χ1) is 28.1. The van der Waals surface area contributed by atoms with E-state index in [-0.39, 0.29) is 36.2 Å². The van der Waals surface area contributed by atoms with Gasteiger partial charge in [0.1, 0.15) is 23.7 Å². The molecule has 2 aliphatic heterocycles. The molecule has 0 radical (unpaired) electrons. The number of methoxy groups -OCH3 is 2. The lowest BCUT2D eigenvalue weighted by Crippen LogP contribution is -2.51. The first-order valence-electron chi connectivity index (χ1n) is 19.6. The van der Waals surface area contributed by atoms with Gasteiger partial charge in [0.25, 0.3) is 0 Å². The average Bonchev–Trinajstić information content (AvgIpc) is 4.08. The molecule has 0 unspecified atom stereocenters. The maximum absolute atomic E-state index is 13.6. The number of benzene rings is 3. The minimum atomic E-state index is -0.877. The molecule has 300 valence electrons. The van der Waals surface area contributed by atoms with Gasteiger partial charge in [-0.3, -0.25) is 9.59 Å². The molecule has 5 aromatic rings. The number of aromatic nitrogens is 4. The van der Waals surface area contributed by atoms with E-state index in [0.29, 0.717) is 18.9 Å². The van der Waals surface area contributed by atoms with Crippen LogP contribution in [0.3, 0.4) is 0 Å². The Morgan fingerprint density at radius 3 is 1.81 bits per heavy atom. The van der Waals surface area contributed by atoms with Gasteiger partial charge in [0.2, 0.25) is 11.8 Å². The number of terminal acetylenes is 1. The molecule has 3 aromatic carbocycles. The van der Waals surface area contributed by atoms with Gasteiger partial charge in [-0.2, -0.15) is 0 Å². The number of likely N-dealkylation sites (tertiary alicyclic amines) is 2. The second-order valence-corrected chi connectivity index (χ2v) is 15.1. The smallest absolute Gasteiger partial charge is 0.407 e. The summed E-state index contributed by atoms with van der Waals surface area (Å²) in [7, 11) is 2.53. The van der Waals surface area contributed by atoms with Gasteiger partial charge in [0.15, 0.2) is 0 Å². The van der Waals surface area contributed by atoms with Gasteiger partial charge < -0.3 is 39.9 Å². The van der Waals surface area contributed by atoms with Gasteiger partial charge in [-0.1, -0.05) is 62.4 Å². The van der Waals surface area contributed by atoms with Crippen LogP contribution in [0, 0.1) is 18.3 Å². The molecule has 2 aliphatic rings. The molecule has 14 heteroatoms. The predicted octanol–water partition coefficient (Wildman–Crippen LogP) is 6.74. The van der Waals surface area contributed by atoms with E-state index in [2.05, 4.69) is 84.8 Å². The third-order valence-electron chi connectivity index (χ3n) is 11.1. The minimum absolute atomic E-state index is 0.0580. The van der Waals surface area contributed by atoms with Crippen molar-refractivity contribution in [3.8, 4) is 46.0 Å². The summed E-state index contributed by atoms with van der Waals surface area (Å²) in [6, 6.07) is 18.9. The normalized spacial score (nSPS) is 17.5. The van der Waals surface area contributed by atoms with E-state index in [4.69, 9.17) is 16.1 Å². The Kier molecular flexibility index (Phi) is 11.8. The molecule has 2 aromatic heterocycles. The largest absolute Gasteiger partial charge is 0.453 e. The summed E-state index contributed by atoms with van der Waals surface area (Å²) in [5.41, 5.74) is 5.79. The first kappa shape index (κ1) is 39.6. The number of alkyl carbamates (subject to hydrolysis) is 2. The number of aromatic amines is 2. The lowest BCUT2D eigenvalue weighted by molar-refractivity contribution is -0.135. The Morgan fingerprint density at radius 1 is 0.741 bits per heavy atom. The standard InChI is InChI=1S/C44H48N8O6/c1-6-9-33(49-43(55)57-4)41(53)51-20-7-10-36(51)39-45-24-34(47-39)28-14-12-27(13-15-28)29-16-17-31-23-32(19-18-30(31)22-29)35-25-46-40(48-35)37-11-8-21-52(37)42(54)38(26(2)3)50-44(56)58-5/h1,12-19,22-26,33,36-38H,7-11,20-21H2,2-5H3,(H,45,47)(H,46,48)(H,49,55)(H,50,56)/t33-,36-,37-,38-/m0/s1. The van der Waals surface area contributed by atoms with Crippen LogP contribution in [-0.4, -0.2) is 93.1 Å². The van der Waals surface area contributed by atoms with Crippen molar-refractivity contribution in [2.24, 2.45) is 5.92 Å². The highest BCUT2D eigenvalue weighted by Gasteiger charge is 2.38. The van der Waals surface area contributed by atoms with Gasteiger partial charge in [-0.25, -0.2) is 19.6 Å². The molecule has 7 rings (SSSR count). The molecule has 0 aliphatic carbocycles. The number of rotatable bonds is 11. The third-order valence-corrected chi connectivity index (χ3v) is 11.1. The van der Waals surface area contributed by atoms with Crippen LogP contribution < -0.4 is 10.6 Å². The molecular formula is C44H48N8O6. The summed E-state index contributed by atoms with van der Waals surface area (Å²) in [6.07, 6.45) is 11.0. The Morgan fingerprint density at radius 2 is 1.24 bits per heavy atom. The van der Waals surface area contributed by atoms with Crippen LogP contribution in [0.15, 0.2) is 73.1 Å². The van der Waals surface area contributed by atoms with Gasteiger partial charge in [0, 0.05) is 25.1 Å². The second kappa shape index (κ2) is 17.3. The zero-order valence-electron chi connectivity index (χ0n) is 33.1. The number of hydrogen-bond donors (Lipinski definition) is 4. The first-order valence-corrected chi connectivity index (χ1v) is 19.6. The molecule has 4 amide bonds. The number of H-pyrrole nitrogens is 2. The van der Waals surface area contributed by atoms with Crippen LogP contribution in [-0.2, 0) is 19.1 Å². The second-order valence-electron chi connectivity index (χ2n) is 15.1. The fraction of sp³-hybridized carbons (Fsp3) is 0.364. The maximum Gasteiger partial charge on any atom is 0.407 e. The van der Waals surface area contributed by atoms with Crippen molar-refractivity contribution in [2.75, 3.05) is 27.3 Å². The fourth-order valence-electron chi connectivity index (χ4n) is 7.97. The summed E-state index contributed by atoms with van der Waals surface area (Å²) in [5, 5.41) is 7.43. The number of imidazole rings is 2. The predicted molar refractivity (Wildman–Crippen MR) is 219 cm³/mol. The minimum Gasteiger partial charge on any atom is -0.453 e. The quantitative estimate of drug-likeness (QED) is 0.107. The molecule has 0 saturated carbocycles. The summed E-state index contributed by atoms with van der Waals surface area (Å²) in [6.45, 7) is 4.93. The van der Waals surface area contributed by atoms with E-state index in [1.54, 1.807) is 11.1 Å². The molecule has 2 saturated heterocycles. The number of fused-ring (bicyclic) bond motifs is 1. The van der Waals surface area contributed by atoms with Crippen molar-refractivity contribution in [1.82, 2.24) is 40.4 Å². The van der Waals surface area contributed by atoms with Gasteiger partial charge in [-0.05, 0) is 71.2 Å². The van der Waals surface area contributed by atoms with Crippen LogP contribution in [0.2, 0.25) is 0 Å². The Bertz CT molecular complexity index is 2340. The Balaban J connectivity index is 1.02. The third kappa shape index (κ3) is 8.25. The summed E-state index contributed by atoms with van der Waals surface area (Å²) >= 11 is 0. The van der Waals surface area contributed by atoms with E-state index in [1.165, 1.54) is 14.2 Å². The van der Waals surface area contributed by atoms with E-state index in [0.717, 1.165) is 75.9 Å². The van der Waals surface area contributed by atoms with Crippen molar-refractivity contribution < 1.29 is 28.7 Å². The van der Waals surface area contributed by atoms with Crippen molar-refractivity contribution in [1.29, 1.82) is 0 Å². The van der Waals surface area contributed by atoms with Crippen LogP contribution in [0.4, 0.5) is 9.59 Å². The summed E-state index contributed by atoms with van der Waals surface area (Å²) < 4.78 is 9.45. The number of carbonyl (C=O) groups excluding carboxylic acids is 4. The molecule has 4 atom stereocenters. The van der Waals surface area contributed by atoms with E-state index in [9.17, 15) is 19.2 Å². The van der Waals surface area contributed by atoms with Crippen LogP contribution in [0.5, 0.6) is 0 Å². The number of carbonyl (C=O) groups is 4. The highest BCUT2D eigenvalue weighted by atomic mass is 16.5. The summed E-state index contributed by atoms with van der Waals surface area (Å²) in [5.74, 6) is 3.37. The SMILES string of the molecule is C#CC[C@H](NC(=O)OC)C(=O)N1CCC[C@H]1c1ncc(-c2ccc(-c3ccc4cc(-c5cnc([C@@H]6CCCN6C(=O)[C@@H](NC(=O)OC)C(C)C)[nH]5)ccc4c3)cc2)[nH]1. The number of amides is 4. The van der Waals surface area contributed by atoms with Gasteiger partial charge in [-0.15, -0.1) is 12.3 Å². The molecule has 0 spiro atoms. The van der Waals surface area contributed by atoms with E-state index < -0.39 is 24.3 Å². The molecule has 0 bridgehead atoms. The topological polar surface area (TPSA) is 175 Å². The lowest BCUT2D eigenvalue weighted by atomic mass is 9.98. The van der Waals surface area contributed by atoms with Gasteiger partial charge in [0.05, 0.1) is 50.1 Å². The number of ether oxygens (including phenoxy) is 2. The Labute approximate surface area is 337 Å². The highest BCUT2D eigenvalue weighted by Crippen LogP contribution is 2.35. The van der Waals surface area contributed by atoms with Crippen molar-refractivity contribution >= 4 is 34.8 Å². The van der Waals surface area contributed by atoms with Crippen molar-refractivity contribution in [3.05, 3.63) is 84.7 Å². The molecule has 58 heavy (non-hydrogen) atoms. The summed E-state index contributed by atoms with van der Waals surface area (Å²) in [4.78, 5) is 70.6. The van der Waals surface area contributed by atoms with Gasteiger partial charge >= 0.3 is 12.2 Å². The van der Waals surface area contributed by atoms with Crippen molar-refractivity contribution in [3.63, 3.8) is 0 Å². The molecular weight excluding hydrogens is 737 g/mol. The number of hydrogen-bond acceptors (Lipinski definition) is 8. The zero-order chi connectivity index (χ0) is 40.9. The number of nitrogens with zero attached hydrogens (tertiary/aromatic N) is 4. The Hall–Kier alpha value is -6.62. The average molecular weight is 785 g/mol. The van der Waals surface area contributed by atoms with Crippen LogP contribution in [0.1, 0.15) is 69.7 Å². The molecule has 14 nitrogen and oxygen atoms in total. The van der Waals surface area contributed by atoms with Crippen LogP contribution in [0.25, 0.3) is 44.4 Å². The lowest BCUT2D eigenvalue weighted by Gasteiger charge is -2.30. The monoisotopic (exact) mass is 784 g/mol. The van der Waals surface area contributed by atoms with E-state index in [1.807, 2.05) is 37.1 Å². The molecule has 4 heterocycles. The number of nitrogens with one attached hydrogen (secondary N) is 4.